The molecule has 2 fully saturated rings. The van der Waals surface area contributed by atoms with Gasteiger partial charge in [-0.15, -0.1) is 0 Å². The first kappa shape index (κ1) is 6.69. The van der Waals surface area contributed by atoms with Gasteiger partial charge in [0.1, 0.15) is 0 Å². The van der Waals surface area contributed by atoms with E-state index in [2.05, 4.69) is 20.8 Å². The standard InChI is InChI=1S/C10H18/c1-7-4-5-10(3)8(2)6-9(7)10/h7-9H,4-6H2,1-3H3. The summed E-state index contributed by atoms with van der Waals surface area (Å²) in [6.07, 6.45) is 4.50. The molecule has 2 aliphatic rings. The Morgan fingerprint density at radius 2 is 2.00 bits per heavy atom. The molecule has 0 aromatic rings. The average Bonchev–Trinajstić information content (AvgIpc) is 2.13. The van der Waals surface area contributed by atoms with Crippen LogP contribution in [0.3, 0.4) is 0 Å². The molecule has 0 bridgehead atoms. The van der Waals surface area contributed by atoms with Crippen LogP contribution in [0.25, 0.3) is 0 Å². The van der Waals surface area contributed by atoms with Crippen molar-refractivity contribution in [3.63, 3.8) is 0 Å². The Bertz CT molecular complexity index is 150. The SMILES string of the molecule is CC1CCC2(C)C(C)CC12. The molecule has 0 radical (unpaired) electrons. The van der Waals surface area contributed by atoms with Gasteiger partial charge in [-0.3, -0.25) is 0 Å². The van der Waals surface area contributed by atoms with Crippen LogP contribution in [-0.4, -0.2) is 0 Å². The molecule has 0 aliphatic heterocycles. The Balaban J connectivity index is 2.16. The van der Waals surface area contributed by atoms with Crippen molar-refractivity contribution in [1.82, 2.24) is 0 Å². The summed E-state index contributed by atoms with van der Waals surface area (Å²) in [5.41, 5.74) is 0.763. The predicted molar refractivity (Wildman–Crippen MR) is 43.8 cm³/mol. The zero-order valence-corrected chi connectivity index (χ0v) is 7.35. The van der Waals surface area contributed by atoms with Gasteiger partial charge in [-0.2, -0.15) is 0 Å². The molecular formula is C10H18. The van der Waals surface area contributed by atoms with Gasteiger partial charge >= 0.3 is 0 Å². The maximum Gasteiger partial charge on any atom is -0.0269 e. The Hall–Kier alpha value is 0. The van der Waals surface area contributed by atoms with Gasteiger partial charge in [-0.1, -0.05) is 20.8 Å². The minimum Gasteiger partial charge on any atom is -0.0622 e. The number of hydrogen-bond acceptors (Lipinski definition) is 0. The quantitative estimate of drug-likeness (QED) is 0.482. The molecule has 4 unspecified atom stereocenters. The fourth-order valence-electron chi connectivity index (χ4n) is 3.18. The van der Waals surface area contributed by atoms with Gasteiger partial charge < -0.3 is 0 Å². The average molecular weight is 138 g/mol. The smallest absolute Gasteiger partial charge is 0.0269 e. The lowest BCUT2D eigenvalue weighted by Crippen LogP contribution is -2.43. The van der Waals surface area contributed by atoms with Crippen molar-refractivity contribution < 1.29 is 0 Å². The van der Waals surface area contributed by atoms with Crippen LogP contribution >= 0.6 is 0 Å². The van der Waals surface area contributed by atoms with Gasteiger partial charge in [0, 0.05) is 0 Å². The van der Waals surface area contributed by atoms with Crippen LogP contribution < -0.4 is 0 Å². The zero-order chi connectivity index (χ0) is 7.35. The second-order valence-electron chi connectivity index (χ2n) is 4.77. The van der Waals surface area contributed by atoms with E-state index < -0.39 is 0 Å². The highest BCUT2D eigenvalue weighted by atomic mass is 14.6. The van der Waals surface area contributed by atoms with Crippen LogP contribution in [0.4, 0.5) is 0 Å². The fraction of sp³-hybridized carbons (Fsp3) is 1.00. The molecule has 58 valence electrons. The summed E-state index contributed by atoms with van der Waals surface area (Å²) in [5, 5.41) is 0. The largest absolute Gasteiger partial charge is 0.0622 e. The molecule has 0 nitrogen and oxygen atoms in total. The molecule has 0 heterocycles. The summed E-state index contributed by atoms with van der Waals surface area (Å²) >= 11 is 0. The maximum absolute atomic E-state index is 2.50. The van der Waals surface area contributed by atoms with E-state index in [1.54, 1.807) is 0 Å². The van der Waals surface area contributed by atoms with Crippen LogP contribution in [0.2, 0.25) is 0 Å². The van der Waals surface area contributed by atoms with Crippen molar-refractivity contribution in [2.45, 2.75) is 40.0 Å². The molecule has 0 aromatic heterocycles. The second-order valence-corrected chi connectivity index (χ2v) is 4.77. The molecule has 0 N–H and O–H groups in total. The predicted octanol–water partition coefficient (Wildman–Crippen LogP) is 3.08. The second kappa shape index (κ2) is 1.78. The van der Waals surface area contributed by atoms with Crippen molar-refractivity contribution in [2.24, 2.45) is 23.2 Å². The fourth-order valence-corrected chi connectivity index (χ4v) is 3.18. The van der Waals surface area contributed by atoms with Crippen molar-refractivity contribution in [2.75, 3.05) is 0 Å². The van der Waals surface area contributed by atoms with Crippen LogP contribution in [0, 0.1) is 23.2 Å². The normalized spacial score (nSPS) is 59.7. The highest BCUT2D eigenvalue weighted by Gasteiger charge is 2.54. The molecule has 0 spiro atoms. The van der Waals surface area contributed by atoms with E-state index in [0.717, 1.165) is 23.2 Å². The Labute approximate surface area is 64.0 Å². The van der Waals surface area contributed by atoms with Gasteiger partial charge in [0.05, 0.1) is 0 Å². The van der Waals surface area contributed by atoms with Crippen LogP contribution in [-0.2, 0) is 0 Å². The topological polar surface area (TPSA) is 0 Å². The third kappa shape index (κ3) is 0.580. The Morgan fingerprint density at radius 1 is 1.30 bits per heavy atom. The summed E-state index contributed by atoms with van der Waals surface area (Å²) in [4.78, 5) is 0. The van der Waals surface area contributed by atoms with E-state index in [1.807, 2.05) is 0 Å². The van der Waals surface area contributed by atoms with Gasteiger partial charge in [0.15, 0.2) is 0 Å². The van der Waals surface area contributed by atoms with Gasteiger partial charge in [0.2, 0.25) is 0 Å². The monoisotopic (exact) mass is 138 g/mol. The lowest BCUT2D eigenvalue weighted by Gasteiger charge is -2.50. The van der Waals surface area contributed by atoms with E-state index in [4.69, 9.17) is 0 Å². The molecule has 2 aliphatic carbocycles. The summed E-state index contributed by atoms with van der Waals surface area (Å²) in [5.74, 6) is 3.13. The number of fused-ring (bicyclic) bond motifs is 1. The van der Waals surface area contributed by atoms with E-state index in [9.17, 15) is 0 Å². The van der Waals surface area contributed by atoms with Crippen LogP contribution in [0.5, 0.6) is 0 Å². The van der Waals surface area contributed by atoms with Gasteiger partial charge in [-0.05, 0) is 42.4 Å². The molecule has 4 atom stereocenters. The first-order valence-electron chi connectivity index (χ1n) is 4.64. The summed E-state index contributed by atoms with van der Waals surface area (Å²) in [6.45, 7) is 7.35. The first-order chi connectivity index (χ1) is 4.64. The van der Waals surface area contributed by atoms with E-state index in [-0.39, 0.29) is 0 Å². The lowest BCUT2D eigenvalue weighted by atomic mass is 9.55. The van der Waals surface area contributed by atoms with Crippen molar-refractivity contribution in [3.8, 4) is 0 Å². The third-order valence-electron chi connectivity index (χ3n) is 4.41. The summed E-state index contributed by atoms with van der Waals surface area (Å²) < 4.78 is 0. The molecule has 0 aromatic carbocycles. The minimum absolute atomic E-state index is 0.763. The zero-order valence-electron chi connectivity index (χ0n) is 7.35. The molecular weight excluding hydrogens is 120 g/mol. The highest BCUT2D eigenvalue weighted by Crippen LogP contribution is 2.62. The first-order valence-corrected chi connectivity index (χ1v) is 4.64. The molecule has 2 saturated carbocycles. The minimum atomic E-state index is 0.763. The number of hydrogen-bond donors (Lipinski definition) is 0. The van der Waals surface area contributed by atoms with Crippen molar-refractivity contribution >= 4 is 0 Å². The van der Waals surface area contributed by atoms with Gasteiger partial charge in [0.25, 0.3) is 0 Å². The summed E-state index contributed by atoms with van der Waals surface area (Å²) in [6, 6.07) is 0. The number of rotatable bonds is 0. The summed E-state index contributed by atoms with van der Waals surface area (Å²) in [7, 11) is 0. The van der Waals surface area contributed by atoms with Gasteiger partial charge in [-0.25, -0.2) is 0 Å². The van der Waals surface area contributed by atoms with Crippen molar-refractivity contribution in [3.05, 3.63) is 0 Å². The molecule has 0 heteroatoms. The van der Waals surface area contributed by atoms with Crippen molar-refractivity contribution in [1.29, 1.82) is 0 Å². The van der Waals surface area contributed by atoms with Crippen LogP contribution in [0.1, 0.15) is 40.0 Å². The van der Waals surface area contributed by atoms with E-state index in [1.165, 1.54) is 19.3 Å². The lowest BCUT2D eigenvalue weighted by molar-refractivity contribution is -0.0132. The molecule has 2 rings (SSSR count). The molecule has 0 saturated heterocycles. The Morgan fingerprint density at radius 3 is 2.40 bits per heavy atom. The molecule has 0 amide bonds. The third-order valence-corrected chi connectivity index (χ3v) is 4.41. The van der Waals surface area contributed by atoms with Crippen LogP contribution in [0.15, 0.2) is 0 Å². The molecule has 10 heavy (non-hydrogen) atoms. The van der Waals surface area contributed by atoms with E-state index in [0.29, 0.717) is 0 Å². The highest BCUT2D eigenvalue weighted by molar-refractivity contribution is 5.03. The maximum atomic E-state index is 2.50. The Kier molecular flexibility index (Phi) is 1.19. The van der Waals surface area contributed by atoms with E-state index >= 15 is 0 Å².